The van der Waals surface area contributed by atoms with Crippen molar-refractivity contribution in [1.29, 1.82) is 0 Å². The number of benzene rings is 3. The number of nitrogens with zero attached hydrogens (tertiary/aromatic N) is 1. The van der Waals surface area contributed by atoms with Crippen LogP contribution >= 0.6 is 0 Å². The molecule has 3 aromatic carbocycles. The molecular weight excluding hydrogens is 398 g/mol. The molecule has 4 N–H and O–H groups in total. The summed E-state index contributed by atoms with van der Waals surface area (Å²) in [6.45, 7) is 0. The van der Waals surface area contributed by atoms with Gasteiger partial charge in [-0.05, 0) is 48.5 Å². The number of amides is 3. The molecule has 0 unspecified atom stereocenters. The van der Waals surface area contributed by atoms with Crippen LogP contribution in [0.1, 0.15) is 10.4 Å². The van der Waals surface area contributed by atoms with Gasteiger partial charge in [-0.15, -0.1) is 0 Å². The minimum Gasteiger partial charge on any atom is -0.322 e. The fourth-order valence-electron chi connectivity index (χ4n) is 2.82. The third-order valence-corrected chi connectivity index (χ3v) is 4.27. The monoisotopic (exact) mass is 415 g/mol. The molecule has 4 rings (SSSR count). The molecule has 1 aromatic heterocycles. The molecule has 9 nitrogen and oxygen atoms in total. The van der Waals surface area contributed by atoms with E-state index in [1.807, 2.05) is 18.2 Å². The number of rotatable bonds is 5. The summed E-state index contributed by atoms with van der Waals surface area (Å²) in [5, 5.41) is 11.8. The second-order valence-electron chi connectivity index (χ2n) is 6.50. The number of hydrogen-bond acceptors (Lipinski definition) is 5. The van der Waals surface area contributed by atoms with E-state index >= 15 is 0 Å². The van der Waals surface area contributed by atoms with E-state index < -0.39 is 5.76 Å². The molecule has 3 amide bonds. The number of H-pyrrole nitrogens is 1. The largest absolute Gasteiger partial charge is 0.439 e. The fraction of sp³-hybridized carbons (Fsp3) is 0. The van der Waals surface area contributed by atoms with Crippen LogP contribution < -0.4 is 21.7 Å². The number of aromatic amines is 1. The highest BCUT2D eigenvalue weighted by Gasteiger charge is 2.10. The van der Waals surface area contributed by atoms with Gasteiger partial charge in [0.1, 0.15) is 0 Å². The van der Waals surface area contributed by atoms with Gasteiger partial charge in [-0.3, -0.25) is 14.3 Å². The SMILES string of the molecule is O=C(Nc1ccccc1)Nc1ccc(C(=O)Nc2cccc(-c3noc(=O)[nH]3)c2)cc1. The highest BCUT2D eigenvalue weighted by Crippen LogP contribution is 2.19. The van der Waals surface area contributed by atoms with Gasteiger partial charge in [0.25, 0.3) is 5.91 Å². The van der Waals surface area contributed by atoms with Gasteiger partial charge in [0, 0.05) is 28.2 Å². The Morgan fingerprint density at radius 2 is 1.45 bits per heavy atom. The van der Waals surface area contributed by atoms with Crippen molar-refractivity contribution < 1.29 is 14.1 Å². The normalized spacial score (nSPS) is 10.3. The van der Waals surface area contributed by atoms with E-state index in [1.165, 1.54) is 0 Å². The Hall–Kier alpha value is -4.66. The predicted molar refractivity (Wildman–Crippen MR) is 116 cm³/mol. The van der Waals surface area contributed by atoms with E-state index in [9.17, 15) is 14.4 Å². The Bertz CT molecular complexity index is 1260. The summed E-state index contributed by atoms with van der Waals surface area (Å²) in [5.74, 6) is -0.716. The van der Waals surface area contributed by atoms with Crippen LogP contribution in [0.4, 0.5) is 21.9 Å². The summed E-state index contributed by atoms with van der Waals surface area (Å²) < 4.78 is 4.50. The van der Waals surface area contributed by atoms with Crippen LogP contribution in [0.25, 0.3) is 11.4 Å². The van der Waals surface area contributed by atoms with Gasteiger partial charge in [-0.25, -0.2) is 9.59 Å². The topological polar surface area (TPSA) is 129 Å². The summed E-state index contributed by atoms with van der Waals surface area (Å²) in [6.07, 6.45) is 0. The van der Waals surface area contributed by atoms with E-state index in [4.69, 9.17) is 0 Å². The van der Waals surface area contributed by atoms with Gasteiger partial charge in [-0.1, -0.05) is 35.5 Å². The van der Waals surface area contributed by atoms with Crippen molar-refractivity contribution in [3.05, 3.63) is 95.0 Å². The first kappa shape index (κ1) is 19.6. The minimum absolute atomic E-state index is 0.269. The second kappa shape index (κ2) is 8.78. The summed E-state index contributed by atoms with van der Waals surface area (Å²) in [6, 6.07) is 22.0. The number of para-hydroxylation sites is 1. The Morgan fingerprint density at radius 3 is 2.13 bits per heavy atom. The molecule has 0 atom stereocenters. The maximum Gasteiger partial charge on any atom is 0.439 e. The maximum absolute atomic E-state index is 12.5. The lowest BCUT2D eigenvalue weighted by Gasteiger charge is -2.09. The zero-order chi connectivity index (χ0) is 21.6. The van der Waals surface area contributed by atoms with E-state index in [-0.39, 0.29) is 17.8 Å². The fourth-order valence-corrected chi connectivity index (χ4v) is 2.82. The van der Waals surface area contributed by atoms with Crippen LogP contribution in [0.2, 0.25) is 0 Å². The summed E-state index contributed by atoms with van der Waals surface area (Å²) >= 11 is 0. The molecule has 0 saturated heterocycles. The summed E-state index contributed by atoms with van der Waals surface area (Å²) in [5.41, 5.74) is 2.74. The number of urea groups is 1. The molecule has 154 valence electrons. The molecule has 0 aliphatic rings. The van der Waals surface area contributed by atoms with Crippen LogP contribution in [-0.4, -0.2) is 22.1 Å². The zero-order valence-electron chi connectivity index (χ0n) is 16.1. The van der Waals surface area contributed by atoms with Gasteiger partial charge in [0.15, 0.2) is 5.82 Å². The average molecular weight is 415 g/mol. The Morgan fingerprint density at radius 1 is 0.774 bits per heavy atom. The predicted octanol–water partition coefficient (Wildman–Crippen LogP) is 3.93. The molecular formula is C22H17N5O4. The summed E-state index contributed by atoms with van der Waals surface area (Å²) in [7, 11) is 0. The third-order valence-electron chi connectivity index (χ3n) is 4.27. The highest BCUT2D eigenvalue weighted by atomic mass is 16.5. The average Bonchev–Trinajstić information content (AvgIpc) is 3.21. The lowest BCUT2D eigenvalue weighted by atomic mass is 10.1. The van der Waals surface area contributed by atoms with Gasteiger partial charge in [0.05, 0.1) is 0 Å². The molecule has 0 radical (unpaired) electrons. The van der Waals surface area contributed by atoms with Crippen molar-refractivity contribution in [3.8, 4) is 11.4 Å². The minimum atomic E-state index is -0.657. The summed E-state index contributed by atoms with van der Waals surface area (Å²) in [4.78, 5) is 38.2. The van der Waals surface area contributed by atoms with E-state index in [0.29, 0.717) is 28.2 Å². The van der Waals surface area contributed by atoms with Crippen molar-refractivity contribution in [3.63, 3.8) is 0 Å². The molecule has 4 aromatic rings. The van der Waals surface area contributed by atoms with Crippen LogP contribution in [0, 0.1) is 0 Å². The molecule has 0 fully saturated rings. The first-order chi connectivity index (χ1) is 15.1. The number of nitrogens with one attached hydrogen (secondary N) is 4. The van der Waals surface area contributed by atoms with Gasteiger partial charge in [0.2, 0.25) is 0 Å². The number of carbonyl (C=O) groups excluding carboxylic acids is 2. The molecule has 1 heterocycles. The Kier molecular flexibility index (Phi) is 5.57. The number of aromatic nitrogens is 2. The smallest absolute Gasteiger partial charge is 0.322 e. The molecule has 0 bridgehead atoms. The lowest BCUT2D eigenvalue weighted by Crippen LogP contribution is -2.19. The number of carbonyl (C=O) groups is 2. The van der Waals surface area contributed by atoms with Crippen molar-refractivity contribution >= 4 is 29.0 Å². The van der Waals surface area contributed by atoms with Crippen molar-refractivity contribution in [2.45, 2.75) is 0 Å². The van der Waals surface area contributed by atoms with Crippen LogP contribution in [-0.2, 0) is 0 Å². The maximum atomic E-state index is 12.5. The standard InChI is InChI=1S/C22H17N5O4/c28-20(23-18-8-4-5-15(13-18)19-26-22(30)31-27-19)14-9-11-17(12-10-14)25-21(29)24-16-6-2-1-3-7-16/h1-13H,(H,23,28)(H2,24,25,29)(H,26,27,30). The van der Waals surface area contributed by atoms with Gasteiger partial charge < -0.3 is 16.0 Å². The van der Waals surface area contributed by atoms with E-state index in [2.05, 4.69) is 30.6 Å². The molecule has 31 heavy (non-hydrogen) atoms. The first-order valence-corrected chi connectivity index (χ1v) is 9.28. The number of hydrogen-bond donors (Lipinski definition) is 4. The third kappa shape index (κ3) is 5.04. The van der Waals surface area contributed by atoms with Crippen LogP contribution in [0.3, 0.4) is 0 Å². The molecule has 0 aliphatic carbocycles. The van der Waals surface area contributed by atoms with E-state index in [1.54, 1.807) is 60.7 Å². The lowest BCUT2D eigenvalue weighted by molar-refractivity contribution is 0.102. The van der Waals surface area contributed by atoms with E-state index in [0.717, 1.165) is 0 Å². The quantitative estimate of drug-likeness (QED) is 0.393. The van der Waals surface area contributed by atoms with Crippen molar-refractivity contribution in [2.24, 2.45) is 0 Å². The number of anilines is 3. The molecule has 0 aliphatic heterocycles. The van der Waals surface area contributed by atoms with Crippen LogP contribution in [0.5, 0.6) is 0 Å². The highest BCUT2D eigenvalue weighted by molar-refractivity contribution is 6.05. The first-order valence-electron chi connectivity index (χ1n) is 9.28. The zero-order valence-corrected chi connectivity index (χ0v) is 16.1. The molecule has 0 saturated carbocycles. The van der Waals surface area contributed by atoms with Gasteiger partial charge in [-0.2, -0.15) is 0 Å². The Balaban J connectivity index is 1.38. The molecule has 9 heteroatoms. The van der Waals surface area contributed by atoms with Crippen LogP contribution in [0.15, 0.2) is 88.2 Å². The Labute approximate surface area is 176 Å². The van der Waals surface area contributed by atoms with Gasteiger partial charge >= 0.3 is 11.8 Å². The second-order valence-corrected chi connectivity index (χ2v) is 6.50. The van der Waals surface area contributed by atoms with Crippen molar-refractivity contribution in [1.82, 2.24) is 10.1 Å². The molecule has 0 spiro atoms. The van der Waals surface area contributed by atoms with Crippen molar-refractivity contribution in [2.75, 3.05) is 16.0 Å².